The van der Waals surface area contributed by atoms with E-state index in [1.165, 1.54) is 0 Å². The molecule has 0 unspecified atom stereocenters. The van der Waals surface area contributed by atoms with Crippen molar-refractivity contribution in [3.8, 4) is 0 Å². The molecule has 4 N–H and O–H groups in total. The first-order valence-electron chi connectivity index (χ1n) is 11.6. The number of primary amides is 1. The highest BCUT2D eigenvalue weighted by molar-refractivity contribution is 5.79. The van der Waals surface area contributed by atoms with Crippen LogP contribution in [0, 0.1) is 5.92 Å². The van der Waals surface area contributed by atoms with Crippen molar-refractivity contribution < 1.29 is 4.79 Å². The van der Waals surface area contributed by atoms with Crippen molar-refractivity contribution in [2.24, 2.45) is 16.6 Å². The third-order valence-electron chi connectivity index (χ3n) is 5.70. The number of unbranched alkanes of at least 4 members (excludes halogenated alkanes) is 1. The zero-order chi connectivity index (χ0) is 21.6. The Morgan fingerprint density at radius 3 is 2.31 bits per heavy atom. The molecule has 7 heteroatoms. The number of carbonyl (C=O) groups is 1. The summed E-state index contributed by atoms with van der Waals surface area (Å²) in [5.41, 5.74) is 5.40. The van der Waals surface area contributed by atoms with E-state index in [1.54, 1.807) is 0 Å². The Morgan fingerprint density at radius 1 is 1.10 bits per heavy atom. The SMILES string of the molecule is CCNC(=NCCCN(C(C)C)C(C)C)NCCCCN1CCC(C(N)=O)CC1. The maximum atomic E-state index is 11.2. The first kappa shape index (κ1) is 25.7. The van der Waals surface area contributed by atoms with Crippen molar-refractivity contribution in [2.75, 3.05) is 45.8 Å². The van der Waals surface area contributed by atoms with Crippen LogP contribution in [0.1, 0.15) is 66.7 Å². The quantitative estimate of drug-likeness (QED) is 0.246. The molecule has 1 fully saturated rings. The van der Waals surface area contributed by atoms with Crippen LogP contribution in [0.3, 0.4) is 0 Å². The Kier molecular flexibility index (Phi) is 12.9. The van der Waals surface area contributed by atoms with Crippen molar-refractivity contribution in [1.29, 1.82) is 0 Å². The Balaban J connectivity index is 2.20. The molecule has 1 saturated heterocycles. The van der Waals surface area contributed by atoms with Gasteiger partial charge in [0, 0.05) is 44.2 Å². The molecule has 7 nitrogen and oxygen atoms in total. The summed E-state index contributed by atoms with van der Waals surface area (Å²) in [5, 5.41) is 6.80. The predicted octanol–water partition coefficient (Wildman–Crippen LogP) is 2.03. The zero-order valence-corrected chi connectivity index (χ0v) is 19.5. The second kappa shape index (κ2) is 14.6. The fourth-order valence-corrected chi connectivity index (χ4v) is 4.01. The van der Waals surface area contributed by atoms with Gasteiger partial charge in [-0.1, -0.05) is 0 Å². The van der Waals surface area contributed by atoms with Crippen molar-refractivity contribution >= 4 is 11.9 Å². The van der Waals surface area contributed by atoms with Gasteiger partial charge in [-0.05, 0) is 86.4 Å². The lowest BCUT2D eigenvalue weighted by molar-refractivity contribution is -0.123. The van der Waals surface area contributed by atoms with Gasteiger partial charge in [0.05, 0.1) is 0 Å². The van der Waals surface area contributed by atoms with E-state index in [-0.39, 0.29) is 11.8 Å². The van der Waals surface area contributed by atoms with Gasteiger partial charge in [0.1, 0.15) is 0 Å². The molecular formula is C22H46N6O. The molecule has 0 spiro atoms. The topological polar surface area (TPSA) is 86.0 Å². The summed E-state index contributed by atoms with van der Waals surface area (Å²) in [6.07, 6.45) is 5.18. The number of carbonyl (C=O) groups excluding carboxylic acids is 1. The average molecular weight is 411 g/mol. The van der Waals surface area contributed by atoms with Crippen LogP contribution in [-0.2, 0) is 4.79 Å². The number of nitrogens with two attached hydrogens (primary N) is 1. The van der Waals surface area contributed by atoms with Crippen LogP contribution in [0.15, 0.2) is 4.99 Å². The molecule has 0 aliphatic carbocycles. The fraction of sp³-hybridized carbons (Fsp3) is 0.909. The highest BCUT2D eigenvalue weighted by Gasteiger charge is 2.22. The number of aliphatic imine (C=N–C) groups is 1. The molecule has 1 heterocycles. The summed E-state index contributed by atoms with van der Waals surface area (Å²) in [7, 11) is 0. The molecule has 0 bridgehead atoms. The lowest BCUT2D eigenvalue weighted by Crippen LogP contribution is -2.40. The van der Waals surface area contributed by atoms with E-state index in [9.17, 15) is 4.79 Å². The average Bonchev–Trinajstić information content (AvgIpc) is 2.67. The van der Waals surface area contributed by atoms with Crippen LogP contribution in [0.5, 0.6) is 0 Å². The van der Waals surface area contributed by atoms with E-state index in [1.807, 2.05) is 0 Å². The molecule has 0 atom stereocenters. The van der Waals surface area contributed by atoms with E-state index < -0.39 is 0 Å². The van der Waals surface area contributed by atoms with Crippen LogP contribution < -0.4 is 16.4 Å². The van der Waals surface area contributed by atoms with Gasteiger partial charge in [0.15, 0.2) is 5.96 Å². The highest BCUT2D eigenvalue weighted by atomic mass is 16.1. The third-order valence-corrected chi connectivity index (χ3v) is 5.70. The number of nitrogens with one attached hydrogen (secondary N) is 2. The molecule has 1 aliphatic rings. The van der Waals surface area contributed by atoms with Gasteiger partial charge in [0.25, 0.3) is 0 Å². The standard InChI is InChI=1S/C22H46N6O/c1-6-24-22(26-13-9-15-28(18(2)3)19(4)5)25-12-7-8-14-27-16-10-20(11-17-27)21(23)29/h18-20H,6-17H2,1-5H3,(H2,23,29)(H2,24,25,26). The van der Waals surface area contributed by atoms with Crippen LogP contribution in [-0.4, -0.2) is 79.6 Å². The van der Waals surface area contributed by atoms with Gasteiger partial charge in [-0.25, -0.2) is 0 Å². The molecule has 0 aromatic rings. The van der Waals surface area contributed by atoms with Crippen LogP contribution in [0.2, 0.25) is 0 Å². The monoisotopic (exact) mass is 410 g/mol. The second-order valence-electron chi connectivity index (χ2n) is 8.69. The number of nitrogens with zero attached hydrogens (tertiary/aromatic N) is 3. The van der Waals surface area contributed by atoms with Crippen molar-refractivity contribution in [2.45, 2.75) is 78.8 Å². The third kappa shape index (κ3) is 10.8. The Morgan fingerprint density at radius 2 is 1.76 bits per heavy atom. The van der Waals surface area contributed by atoms with Gasteiger partial charge in [-0.15, -0.1) is 0 Å². The Hall–Kier alpha value is -1.34. The second-order valence-corrected chi connectivity index (χ2v) is 8.69. The molecule has 0 saturated carbocycles. The number of amides is 1. The number of hydrogen-bond acceptors (Lipinski definition) is 4. The van der Waals surface area contributed by atoms with Crippen LogP contribution in [0.4, 0.5) is 0 Å². The first-order valence-corrected chi connectivity index (χ1v) is 11.6. The molecule has 1 rings (SSSR count). The fourth-order valence-electron chi connectivity index (χ4n) is 4.01. The lowest BCUT2D eigenvalue weighted by atomic mass is 9.96. The lowest BCUT2D eigenvalue weighted by Gasteiger charge is -2.30. The molecule has 0 aromatic heterocycles. The van der Waals surface area contributed by atoms with E-state index in [4.69, 9.17) is 10.7 Å². The largest absolute Gasteiger partial charge is 0.369 e. The summed E-state index contributed by atoms with van der Waals surface area (Å²) in [6, 6.07) is 1.15. The highest BCUT2D eigenvalue weighted by Crippen LogP contribution is 2.16. The molecular weight excluding hydrogens is 364 g/mol. The van der Waals surface area contributed by atoms with E-state index >= 15 is 0 Å². The van der Waals surface area contributed by atoms with Gasteiger partial charge < -0.3 is 21.3 Å². The number of likely N-dealkylation sites (tertiary alicyclic amines) is 1. The summed E-state index contributed by atoms with van der Waals surface area (Å²) in [4.78, 5) is 20.9. The van der Waals surface area contributed by atoms with Gasteiger partial charge >= 0.3 is 0 Å². The molecule has 1 aliphatic heterocycles. The maximum absolute atomic E-state index is 11.2. The Bertz CT molecular complexity index is 464. The van der Waals surface area contributed by atoms with Crippen molar-refractivity contribution in [3.05, 3.63) is 0 Å². The minimum Gasteiger partial charge on any atom is -0.369 e. The smallest absolute Gasteiger partial charge is 0.220 e. The number of piperidine rings is 1. The first-order chi connectivity index (χ1) is 13.8. The molecule has 29 heavy (non-hydrogen) atoms. The van der Waals surface area contributed by atoms with Gasteiger partial charge in [-0.2, -0.15) is 0 Å². The summed E-state index contributed by atoms with van der Waals surface area (Å²) < 4.78 is 0. The van der Waals surface area contributed by atoms with E-state index in [2.05, 4.69) is 55.1 Å². The van der Waals surface area contributed by atoms with Gasteiger partial charge in [0.2, 0.25) is 5.91 Å². The molecule has 170 valence electrons. The summed E-state index contributed by atoms with van der Waals surface area (Å²) in [6.45, 7) is 18.0. The van der Waals surface area contributed by atoms with Crippen LogP contribution >= 0.6 is 0 Å². The number of guanidine groups is 1. The van der Waals surface area contributed by atoms with Crippen molar-refractivity contribution in [1.82, 2.24) is 20.4 Å². The maximum Gasteiger partial charge on any atom is 0.220 e. The minimum absolute atomic E-state index is 0.0833. The molecule has 0 radical (unpaired) electrons. The molecule has 1 amide bonds. The molecule has 0 aromatic carbocycles. The predicted molar refractivity (Wildman–Crippen MR) is 123 cm³/mol. The number of hydrogen-bond donors (Lipinski definition) is 3. The van der Waals surface area contributed by atoms with E-state index in [0.717, 1.165) is 83.9 Å². The zero-order valence-electron chi connectivity index (χ0n) is 19.5. The van der Waals surface area contributed by atoms with Gasteiger partial charge in [-0.3, -0.25) is 14.7 Å². The summed E-state index contributed by atoms with van der Waals surface area (Å²) in [5.74, 6) is 0.876. The van der Waals surface area contributed by atoms with Crippen molar-refractivity contribution in [3.63, 3.8) is 0 Å². The van der Waals surface area contributed by atoms with Crippen LogP contribution in [0.25, 0.3) is 0 Å². The normalized spacial score (nSPS) is 16.8. The minimum atomic E-state index is -0.134. The van der Waals surface area contributed by atoms with E-state index in [0.29, 0.717) is 12.1 Å². The Labute approximate surface area is 178 Å². The number of rotatable bonds is 13. The summed E-state index contributed by atoms with van der Waals surface area (Å²) >= 11 is 0.